The molecule has 182 valence electrons. The number of ketones is 1. The number of hydrogen-bond acceptors (Lipinski definition) is 8. The number of aromatic nitrogens is 1. The fraction of sp³-hybridized carbons (Fsp3) is 0.435. The van der Waals surface area contributed by atoms with Gasteiger partial charge in [-0.25, -0.2) is 9.78 Å². The lowest BCUT2D eigenvalue weighted by molar-refractivity contribution is -0.910. The molecule has 3 heterocycles. The third kappa shape index (κ3) is 5.90. The van der Waals surface area contributed by atoms with E-state index in [1.165, 1.54) is 18.3 Å². The highest BCUT2D eigenvalue weighted by molar-refractivity contribution is 7.85. The molecule has 0 spiro atoms. The molecule has 0 bridgehead atoms. The number of fused-ring (bicyclic) bond motifs is 1. The molecule has 2 aromatic heterocycles. The number of piperazine rings is 1. The van der Waals surface area contributed by atoms with Gasteiger partial charge in [0.1, 0.15) is 16.4 Å². The van der Waals surface area contributed by atoms with Crippen molar-refractivity contribution in [1.82, 2.24) is 4.98 Å². The van der Waals surface area contributed by atoms with E-state index >= 15 is 0 Å². The fourth-order valence-corrected chi connectivity index (χ4v) is 5.59. The van der Waals surface area contributed by atoms with Crippen molar-refractivity contribution < 1.29 is 26.7 Å². The summed E-state index contributed by atoms with van der Waals surface area (Å²) in [7, 11) is -1.83. The van der Waals surface area contributed by atoms with Crippen LogP contribution in [-0.2, 0) is 21.3 Å². The van der Waals surface area contributed by atoms with Crippen molar-refractivity contribution in [3.8, 4) is 10.6 Å². The van der Waals surface area contributed by atoms with Gasteiger partial charge in [0.25, 0.3) is 10.1 Å². The van der Waals surface area contributed by atoms with E-state index in [-0.39, 0.29) is 18.0 Å². The number of rotatable bonds is 8. The Labute approximate surface area is 202 Å². The van der Waals surface area contributed by atoms with Crippen molar-refractivity contribution in [2.75, 3.05) is 50.4 Å². The number of hydrogen-bond donors (Lipinski definition) is 1. The largest absolute Gasteiger partial charge is 0.422 e. The Kier molecular flexibility index (Phi) is 6.90. The van der Waals surface area contributed by atoms with Crippen molar-refractivity contribution in [3.63, 3.8) is 0 Å². The van der Waals surface area contributed by atoms with Crippen LogP contribution in [0, 0.1) is 0 Å². The molecule has 0 unspecified atom stereocenters. The number of carbonyl (C=O) groups excluding carboxylic acids is 1. The van der Waals surface area contributed by atoms with Gasteiger partial charge in [0.2, 0.25) is 0 Å². The number of quaternary nitrogens is 1. The van der Waals surface area contributed by atoms with Gasteiger partial charge >= 0.3 is 5.63 Å². The van der Waals surface area contributed by atoms with Crippen LogP contribution in [0.5, 0.6) is 0 Å². The van der Waals surface area contributed by atoms with Gasteiger partial charge in [0, 0.05) is 35.4 Å². The Balaban J connectivity index is 1.47. The Morgan fingerprint density at radius 1 is 1.26 bits per heavy atom. The fourth-order valence-electron chi connectivity index (χ4n) is 4.27. The molecule has 0 saturated carbocycles. The third-order valence-electron chi connectivity index (χ3n) is 6.22. The lowest BCUT2D eigenvalue weighted by Gasteiger charge is -2.43. The number of Topliss-reactive ketones (excluding diaryl/α,β-unsaturated/α-hetero) is 1. The van der Waals surface area contributed by atoms with Crippen LogP contribution < -0.4 is 10.5 Å². The molecule has 1 fully saturated rings. The molecule has 0 atom stereocenters. The van der Waals surface area contributed by atoms with E-state index in [2.05, 4.69) is 16.9 Å². The van der Waals surface area contributed by atoms with Gasteiger partial charge in [-0.3, -0.25) is 9.35 Å². The quantitative estimate of drug-likeness (QED) is 0.281. The van der Waals surface area contributed by atoms with Gasteiger partial charge in [-0.1, -0.05) is 0 Å². The van der Waals surface area contributed by atoms with Crippen LogP contribution >= 0.6 is 11.3 Å². The average molecular weight is 507 g/mol. The van der Waals surface area contributed by atoms with E-state index in [1.54, 1.807) is 11.4 Å². The lowest BCUT2D eigenvalue weighted by atomic mass is 10.1. The first kappa shape index (κ1) is 24.5. The van der Waals surface area contributed by atoms with Gasteiger partial charge in [-0.05, 0) is 25.1 Å². The van der Waals surface area contributed by atoms with E-state index in [0.717, 1.165) is 41.7 Å². The minimum atomic E-state index is -3.93. The Morgan fingerprint density at radius 2 is 2.00 bits per heavy atom. The normalized spacial score (nSPS) is 16.1. The molecule has 1 aromatic carbocycles. The molecule has 1 aliphatic rings. The number of anilines is 1. The summed E-state index contributed by atoms with van der Waals surface area (Å²) in [6.07, 6.45) is 0.668. The molecule has 0 radical (unpaired) electrons. The lowest BCUT2D eigenvalue weighted by Crippen LogP contribution is -2.57. The van der Waals surface area contributed by atoms with E-state index in [9.17, 15) is 18.0 Å². The van der Waals surface area contributed by atoms with E-state index in [0.29, 0.717) is 34.8 Å². The summed E-state index contributed by atoms with van der Waals surface area (Å²) < 4.78 is 37.3. The topological polar surface area (TPSA) is 118 Å². The molecule has 1 aliphatic heterocycles. The van der Waals surface area contributed by atoms with Crippen LogP contribution in [-0.4, -0.2) is 73.7 Å². The predicted octanol–water partition coefficient (Wildman–Crippen LogP) is 2.59. The molecule has 11 heteroatoms. The zero-order chi connectivity index (χ0) is 24.5. The molecule has 1 N–H and O–H groups in total. The summed E-state index contributed by atoms with van der Waals surface area (Å²) in [5, 5.41) is 3.12. The maximum absolute atomic E-state index is 12.7. The van der Waals surface area contributed by atoms with Crippen LogP contribution in [0.25, 0.3) is 21.5 Å². The zero-order valence-corrected chi connectivity index (χ0v) is 20.8. The SMILES string of the molecule is CC(=O)Cc1csc(-c2cc3ccc(N4CC[N+](C)(CCCS(=O)(=O)O)CC4)cc3oc2=O)n1. The minimum absolute atomic E-state index is 0.0184. The molecule has 0 aliphatic carbocycles. The van der Waals surface area contributed by atoms with Gasteiger partial charge in [0.05, 0.1) is 56.8 Å². The number of benzene rings is 1. The Morgan fingerprint density at radius 3 is 2.68 bits per heavy atom. The molecule has 3 aromatic rings. The Bertz CT molecular complexity index is 1370. The molecule has 1 saturated heterocycles. The van der Waals surface area contributed by atoms with Crippen molar-refractivity contribution in [2.24, 2.45) is 0 Å². The minimum Gasteiger partial charge on any atom is -0.422 e. The molecular formula is C23H28N3O6S2+. The van der Waals surface area contributed by atoms with Gasteiger partial charge in [-0.15, -0.1) is 11.3 Å². The molecule has 0 amide bonds. The molecule has 34 heavy (non-hydrogen) atoms. The monoisotopic (exact) mass is 506 g/mol. The third-order valence-corrected chi connectivity index (χ3v) is 7.95. The second kappa shape index (κ2) is 9.57. The predicted molar refractivity (Wildman–Crippen MR) is 132 cm³/mol. The van der Waals surface area contributed by atoms with Crippen molar-refractivity contribution in [1.29, 1.82) is 0 Å². The summed E-state index contributed by atoms with van der Waals surface area (Å²) in [4.78, 5) is 30.6. The average Bonchev–Trinajstić information content (AvgIpc) is 3.20. The van der Waals surface area contributed by atoms with Crippen LogP contribution in [0.2, 0.25) is 0 Å². The maximum Gasteiger partial charge on any atom is 0.346 e. The van der Waals surface area contributed by atoms with Gasteiger partial charge in [-0.2, -0.15) is 8.42 Å². The van der Waals surface area contributed by atoms with Crippen LogP contribution in [0.1, 0.15) is 19.0 Å². The highest BCUT2D eigenvalue weighted by Crippen LogP contribution is 2.28. The molecule has 4 rings (SSSR count). The maximum atomic E-state index is 12.7. The smallest absolute Gasteiger partial charge is 0.346 e. The summed E-state index contributed by atoms with van der Waals surface area (Å²) in [5.41, 5.74) is 2.04. The number of nitrogens with zero attached hydrogens (tertiary/aromatic N) is 3. The van der Waals surface area contributed by atoms with Gasteiger partial charge in [0.15, 0.2) is 0 Å². The zero-order valence-electron chi connectivity index (χ0n) is 19.2. The van der Waals surface area contributed by atoms with Crippen LogP contribution in [0.15, 0.2) is 38.9 Å². The van der Waals surface area contributed by atoms with E-state index in [4.69, 9.17) is 8.97 Å². The Hall–Kier alpha value is -2.60. The van der Waals surface area contributed by atoms with E-state index in [1.807, 2.05) is 18.2 Å². The summed E-state index contributed by atoms with van der Waals surface area (Å²) in [6.45, 7) is 5.46. The molecular weight excluding hydrogens is 478 g/mol. The molecule has 9 nitrogen and oxygen atoms in total. The van der Waals surface area contributed by atoms with Gasteiger partial charge < -0.3 is 13.8 Å². The standard InChI is InChI=1S/C23H27N3O6S2/c1-16(27)12-18-15-33-22(24-18)20-13-17-4-5-19(14-21(17)32-23(20)28)25-6-9-26(2,10-7-25)8-3-11-34(29,30)31/h4-5,13-15H,3,6-12H2,1-2H3/p+1. The number of thiazole rings is 1. The van der Waals surface area contributed by atoms with E-state index < -0.39 is 15.7 Å². The van der Waals surface area contributed by atoms with Crippen LogP contribution in [0.4, 0.5) is 5.69 Å². The number of carbonyl (C=O) groups is 1. The summed E-state index contributed by atoms with van der Waals surface area (Å²) >= 11 is 1.32. The summed E-state index contributed by atoms with van der Waals surface area (Å²) in [5.74, 6) is -0.195. The summed E-state index contributed by atoms with van der Waals surface area (Å²) in [6, 6.07) is 7.58. The first-order valence-electron chi connectivity index (χ1n) is 11.1. The highest BCUT2D eigenvalue weighted by atomic mass is 32.2. The first-order valence-corrected chi connectivity index (χ1v) is 13.6. The van der Waals surface area contributed by atoms with Crippen molar-refractivity contribution in [2.45, 2.75) is 19.8 Å². The van der Waals surface area contributed by atoms with Crippen molar-refractivity contribution >= 4 is 43.9 Å². The first-order chi connectivity index (χ1) is 16.0. The number of likely N-dealkylation sites (N-methyl/N-ethyl adjacent to an activating group) is 1. The van der Waals surface area contributed by atoms with Crippen LogP contribution in [0.3, 0.4) is 0 Å². The second-order valence-electron chi connectivity index (χ2n) is 9.11. The van der Waals surface area contributed by atoms with Crippen molar-refractivity contribution in [3.05, 3.63) is 45.8 Å². The second-order valence-corrected chi connectivity index (χ2v) is 11.5. The highest BCUT2D eigenvalue weighted by Gasteiger charge is 2.29.